The maximum Gasteiger partial charge on any atom is 0.417 e. The third-order valence-electron chi connectivity index (χ3n) is 2.14. The van der Waals surface area contributed by atoms with E-state index in [1.807, 2.05) is 6.07 Å². The van der Waals surface area contributed by atoms with Gasteiger partial charge >= 0.3 is 6.09 Å². The number of pyridine rings is 1. The molecule has 86 valence electrons. The van der Waals surface area contributed by atoms with Gasteiger partial charge in [0.15, 0.2) is 0 Å². The molecule has 4 nitrogen and oxygen atoms in total. The van der Waals surface area contributed by atoms with Crippen molar-refractivity contribution in [2.75, 3.05) is 4.90 Å². The molecular formula is C12H9BrN2O2. The molecule has 0 aliphatic heterocycles. The SMILES string of the molecule is O=C(O)N(c1ccccc1)c1cc(Br)ccn1. The molecule has 2 aromatic rings. The number of carboxylic acid groups (broad SMARTS) is 1. The first-order chi connectivity index (χ1) is 8.18. The van der Waals surface area contributed by atoms with E-state index in [1.54, 1.807) is 42.6 Å². The lowest BCUT2D eigenvalue weighted by atomic mass is 10.3. The first-order valence-electron chi connectivity index (χ1n) is 4.88. The summed E-state index contributed by atoms with van der Waals surface area (Å²) in [5, 5.41) is 9.24. The normalized spacial score (nSPS) is 9.94. The second-order valence-corrected chi connectivity index (χ2v) is 4.20. The highest BCUT2D eigenvalue weighted by Crippen LogP contribution is 2.25. The fourth-order valence-corrected chi connectivity index (χ4v) is 1.76. The van der Waals surface area contributed by atoms with Crippen molar-refractivity contribution >= 4 is 33.5 Å². The quantitative estimate of drug-likeness (QED) is 0.919. The molecule has 0 saturated heterocycles. The monoisotopic (exact) mass is 292 g/mol. The molecule has 1 N–H and O–H groups in total. The molecule has 1 aromatic heterocycles. The summed E-state index contributed by atoms with van der Waals surface area (Å²) in [6.45, 7) is 0. The van der Waals surface area contributed by atoms with Crippen LogP contribution in [0.25, 0.3) is 0 Å². The van der Waals surface area contributed by atoms with Crippen LogP contribution >= 0.6 is 15.9 Å². The Morgan fingerprint density at radius 2 is 1.94 bits per heavy atom. The third-order valence-corrected chi connectivity index (χ3v) is 2.64. The lowest BCUT2D eigenvalue weighted by Crippen LogP contribution is -2.24. The van der Waals surface area contributed by atoms with Crippen molar-refractivity contribution in [1.82, 2.24) is 4.98 Å². The lowest BCUT2D eigenvalue weighted by molar-refractivity contribution is 0.204. The van der Waals surface area contributed by atoms with Gasteiger partial charge in [-0.3, -0.25) is 0 Å². The number of aromatic nitrogens is 1. The molecule has 0 aliphatic rings. The van der Waals surface area contributed by atoms with E-state index in [9.17, 15) is 9.90 Å². The van der Waals surface area contributed by atoms with Gasteiger partial charge < -0.3 is 5.11 Å². The Hall–Kier alpha value is -1.88. The van der Waals surface area contributed by atoms with E-state index in [0.29, 0.717) is 11.5 Å². The average molecular weight is 293 g/mol. The number of nitrogens with zero attached hydrogens (tertiary/aromatic N) is 2. The minimum absolute atomic E-state index is 0.359. The zero-order valence-corrected chi connectivity index (χ0v) is 10.3. The van der Waals surface area contributed by atoms with E-state index < -0.39 is 6.09 Å². The van der Waals surface area contributed by atoms with Gasteiger partial charge in [-0.2, -0.15) is 0 Å². The van der Waals surface area contributed by atoms with E-state index in [2.05, 4.69) is 20.9 Å². The topological polar surface area (TPSA) is 53.4 Å². The van der Waals surface area contributed by atoms with Gasteiger partial charge in [-0.1, -0.05) is 34.1 Å². The Morgan fingerprint density at radius 3 is 2.53 bits per heavy atom. The fourth-order valence-electron chi connectivity index (χ4n) is 1.43. The lowest BCUT2D eigenvalue weighted by Gasteiger charge is -2.18. The van der Waals surface area contributed by atoms with Gasteiger partial charge in [-0.05, 0) is 24.3 Å². The number of hydrogen-bond acceptors (Lipinski definition) is 2. The van der Waals surface area contributed by atoms with Crippen molar-refractivity contribution in [1.29, 1.82) is 0 Å². The molecule has 0 unspecified atom stereocenters. The largest absolute Gasteiger partial charge is 0.464 e. The maximum absolute atomic E-state index is 11.3. The van der Waals surface area contributed by atoms with Gasteiger partial charge in [0.05, 0.1) is 5.69 Å². The van der Waals surface area contributed by atoms with Crippen LogP contribution in [0.3, 0.4) is 0 Å². The molecular weight excluding hydrogens is 284 g/mol. The Labute approximate surface area is 107 Å². The summed E-state index contributed by atoms with van der Waals surface area (Å²) in [7, 11) is 0. The number of halogens is 1. The van der Waals surface area contributed by atoms with Crippen LogP contribution in [0, 0.1) is 0 Å². The first kappa shape index (κ1) is 11.6. The molecule has 0 saturated carbocycles. The molecule has 0 atom stereocenters. The summed E-state index contributed by atoms with van der Waals surface area (Å²) in [5.74, 6) is 0.359. The Bertz CT molecular complexity index is 531. The highest BCUT2D eigenvalue weighted by atomic mass is 79.9. The second kappa shape index (κ2) is 4.97. The number of benzene rings is 1. The number of hydrogen-bond donors (Lipinski definition) is 1. The summed E-state index contributed by atoms with van der Waals surface area (Å²) in [6.07, 6.45) is 0.486. The minimum Gasteiger partial charge on any atom is -0.464 e. The predicted molar refractivity (Wildman–Crippen MR) is 68.5 cm³/mol. The molecule has 17 heavy (non-hydrogen) atoms. The summed E-state index contributed by atoms with van der Waals surface area (Å²) >= 11 is 3.29. The highest BCUT2D eigenvalue weighted by Gasteiger charge is 2.17. The molecule has 5 heteroatoms. The molecule has 0 aliphatic carbocycles. The Kier molecular flexibility index (Phi) is 3.39. The number of carbonyl (C=O) groups is 1. The third kappa shape index (κ3) is 2.62. The van der Waals surface area contributed by atoms with Crippen molar-refractivity contribution in [3.8, 4) is 0 Å². The van der Waals surface area contributed by atoms with Gasteiger partial charge in [0, 0.05) is 10.7 Å². The van der Waals surface area contributed by atoms with Crippen molar-refractivity contribution in [2.45, 2.75) is 0 Å². The number of rotatable bonds is 2. The second-order valence-electron chi connectivity index (χ2n) is 3.29. The van der Waals surface area contributed by atoms with E-state index in [1.165, 1.54) is 0 Å². The molecule has 0 spiro atoms. The van der Waals surface area contributed by atoms with Crippen LogP contribution in [0.2, 0.25) is 0 Å². The van der Waals surface area contributed by atoms with Gasteiger partial charge in [0.25, 0.3) is 0 Å². The van der Waals surface area contributed by atoms with E-state index in [-0.39, 0.29) is 0 Å². The minimum atomic E-state index is -1.07. The maximum atomic E-state index is 11.3. The summed E-state index contributed by atoms with van der Waals surface area (Å²) in [6, 6.07) is 12.2. The highest BCUT2D eigenvalue weighted by molar-refractivity contribution is 9.10. The van der Waals surface area contributed by atoms with Gasteiger partial charge in [0.1, 0.15) is 5.82 Å². The van der Waals surface area contributed by atoms with E-state index >= 15 is 0 Å². The summed E-state index contributed by atoms with van der Waals surface area (Å²) in [4.78, 5) is 16.5. The molecule has 1 heterocycles. The van der Waals surface area contributed by atoms with Gasteiger partial charge in [0.2, 0.25) is 0 Å². The fraction of sp³-hybridized carbons (Fsp3) is 0. The number of amides is 1. The van der Waals surface area contributed by atoms with Crippen LogP contribution in [0.5, 0.6) is 0 Å². The van der Waals surface area contributed by atoms with Gasteiger partial charge in [-0.15, -0.1) is 0 Å². The zero-order chi connectivity index (χ0) is 12.3. The van der Waals surface area contributed by atoms with E-state index in [0.717, 1.165) is 9.37 Å². The molecule has 0 bridgehead atoms. The molecule has 1 aromatic carbocycles. The van der Waals surface area contributed by atoms with Crippen molar-refractivity contribution in [3.05, 3.63) is 53.1 Å². The molecule has 0 radical (unpaired) electrons. The van der Waals surface area contributed by atoms with Crippen LogP contribution in [-0.4, -0.2) is 16.2 Å². The van der Waals surface area contributed by atoms with Crippen LogP contribution in [0.4, 0.5) is 16.3 Å². The van der Waals surface area contributed by atoms with Crippen LogP contribution in [-0.2, 0) is 0 Å². The average Bonchev–Trinajstić information content (AvgIpc) is 2.30. The standard InChI is InChI=1S/C12H9BrN2O2/c13-9-6-7-14-11(8-9)15(12(16)17)10-4-2-1-3-5-10/h1-8H,(H,16,17). The van der Waals surface area contributed by atoms with Crippen LogP contribution < -0.4 is 4.90 Å². The van der Waals surface area contributed by atoms with Crippen molar-refractivity contribution < 1.29 is 9.90 Å². The van der Waals surface area contributed by atoms with Crippen molar-refractivity contribution in [2.24, 2.45) is 0 Å². The number of para-hydroxylation sites is 1. The van der Waals surface area contributed by atoms with Crippen LogP contribution in [0.15, 0.2) is 53.1 Å². The van der Waals surface area contributed by atoms with Crippen LogP contribution in [0.1, 0.15) is 0 Å². The van der Waals surface area contributed by atoms with E-state index in [4.69, 9.17) is 0 Å². The predicted octanol–water partition coefficient (Wildman–Crippen LogP) is 3.66. The van der Waals surface area contributed by atoms with Gasteiger partial charge in [-0.25, -0.2) is 14.7 Å². The molecule has 1 amide bonds. The zero-order valence-electron chi connectivity index (χ0n) is 8.75. The molecule has 0 fully saturated rings. The molecule has 2 rings (SSSR count). The Balaban J connectivity index is 2.47. The summed E-state index contributed by atoms with van der Waals surface area (Å²) < 4.78 is 0.782. The Morgan fingerprint density at radius 1 is 1.24 bits per heavy atom. The van der Waals surface area contributed by atoms with Crippen molar-refractivity contribution in [3.63, 3.8) is 0 Å². The number of anilines is 2. The summed E-state index contributed by atoms with van der Waals surface area (Å²) in [5.41, 5.74) is 0.561. The first-order valence-corrected chi connectivity index (χ1v) is 5.67. The smallest absolute Gasteiger partial charge is 0.417 e.